The summed E-state index contributed by atoms with van der Waals surface area (Å²) in [5, 5.41) is 12.1. The molecule has 7 heteroatoms. The summed E-state index contributed by atoms with van der Waals surface area (Å²) in [6.07, 6.45) is 0. The van der Waals surface area contributed by atoms with Crippen LogP contribution in [-0.2, 0) is 0 Å². The molecular weight excluding hydrogens is 425 g/mol. The van der Waals surface area contributed by atoms with Crippen molar-refractivity contribution in [3.63, 3.8) is 0 Å². The van der Waals surface area contributed by atoms with Crippen LogP contribution in [0.3, 0.4) is 0 Å². The van der Waals surface area contributed by atoms with Gasteiger partial charge in [-0.15, -0.1) is 0 Å². The van der Waals surface area contributed by atoms with Crippen LogP contribution in [-0.4, -0.2) is 17.0 Å². The largest absolute Gasteiger partial charge is 0.478 e. The molecule has 0 aromatic heterocycles. The van der Waals surface area contributed by atoms with E-state index in [0.29, 0.717) is 19.5 Å². The highest BCUT2D eigenvalue weighted by Crippen LogP contribution is 2.25. The van der Waals surface area contributed by atoms with E-state index in [9.17, 15) is 9.59 Å². The molecule has 2 N–H and O–H groups in total. The second-order valence-electron chi connectivity index (χ2n) is 4.08. The number of rotatable bonds is 3. The first-order valence-electron chi connectivity index (χ1n) is 5.67. The summed E-state index contributed by atoms with van der Waals surface area (Å²) in [4.78, 5) is 23.3. The molecule has 0 aliphatic rings. The van der Waals surface area contributed by atoms with E-state index in [-0.39, 0.29) is 11.3 Å². The van der Waals surface area contributed by atoms with E-state index in [2.05, 4.69) is 37.2 Å². The highest BCUT2D eigenvalue weighted by atomic mass is 79.9. The van der Waals surface area contributed by atoms with Gasteiger partial charge in [0.25, 0.3) is 5.91 Å². The molecule has 0 heterocycles. The van der Waals surface area contributed by atoms with E-state index in [0.717, 1.165) is 0 Å². The summed E-state index contributed by atoms with van der Waals surface area (Å²) in [7, 11) is 0. The lowest BCUT2D eigenvalue weighted by Gasteiger charge is -2.09. The Balaban J connectivity index is 2.31. The molecule has 0 radical (unpaired) electrons. The van der Waals surface area contributed by atoms with E-state index in [1.165, 1.54) is 18.2 Å². The molecule has 0 saturated heterocycles. The van der Waals surface area contributed by atoms with Crippen molar-refractivity contribution in [1.29, 1.82) is 0 Å². The smallest absolute Gasteiger partial charge is 0.337 e. The maximum atomic E-state index is 12.1. The molecule has 0 fully saturated rings. The zero-order valence-corrected chi connectivity index (χ0v) is 14.3. The Morgan fingerprint density at radius 3 is 2.43 bits per heavy atom. The van der Waals surface area contributed by atoms with Crippen LogP contribution in [0.2, 0.25) is 5.02 Å². The van der Waals surface area contributed by atoms with Gasteiger partial charge in [0.05, 0.1) is 16.3 Å². The van der Waals surface area contributed by atoms with Crippen LogP contribution < -0.4 is 5.32 Å². The fraction of sp³-hybridized carbons (Fsp3) is 0. The van der Waals surface area contributed by atoms with Crippen LogP contribution in [0.25, 0.3) is 0 Å². The molecule has 1 amide bonds. The van der Waals surface area contributed by atoms with Crippen LogP contribution >= 0.6 is 43.5 Å². The molecule has 0 unspecified atom stereocenters. The molecule has 0 spiro atoms. The van der Waals surface area contributed by atoms with Crippen LogP contribution in [0.1, 0.15) is 20.7 Å². The van der Waals surface area contributed by atoms with Gasteiger partial charge in [0, 0.05) is 14.5 Å². The molecule has 0 aliphatic carbocycles. The lowest BCUT2D eigenvalue weighted by atomic mass is 10.1. The van der Waals surface area contributed by atoms with Crippen molar-refractivity contribution in [2.24, 2.45) is 0 Å². The van der Waals surface area contributed by atoms with Gasteiger partial charge in [0.1, 0.15) is 0 Å². The van der Waals surface area contributed by atoms with Gasteiger partial charge < -0.3 is 10.4 Å². The molecule has 0 aliphatic heterocycles. The number of carbonyl (C=O) groups excluding carboxylic acids is 1. The van der Waals surface area contributed by atoms with Gasteiger partial charge in [0.2, 0.25) is 0 Å². The van der Waals surface area contributed by atoms with Gasteiger partial charge in [-0.2, -0.15) is 0 Å². The second kappa shape index (κ2) is 6.60. The molecule has 2 aromatic rings. The highest BCUT2D eigenvalue weighted by molar-refractivity contribution is 9.10. The fourth-order valence-corrected chi connectivity index (χ4v) is 2.42. The Morgan fingerprint density at radius 1 is 1.10 bits per heavy atom. The summed E-state index contributed by atoms with van der Waals surface area (Å²) < 4.78 is 1.29. The first-order chi connectivity index (χ1) is 9.88. The van der Waals surface area contributed by atoms with E-state index < -0.39 is 11.9 Å². The summed E-state index contributed by atoms with van der Waals surface area (Å²) >= 11 is 12.4. The number of carbonyl (C=O) groups is 2. The highest BCUT2D eigenvalue weighted by Gasteiger charge is 2.14. The van der Waals surface area contributed by atoms with Crippen molar-refractivity contribution < 1.29 is 14.7 Å². The van der Waals surface area contributed by atoms with Gasteiger partial charge in [0.15, 0.2) is 0 Å². The van der Waals surface area contributed by atoms with Crippen molar-refractivity contribution in [3.05, 3.63) is 61.5 Å². The standard InChI is InChI=1S/C14H8Br2ClNO3/c15-8-2-4-12(9(6-8)14(20)21)18-13(19)7-1-3-10(16)11(17)5-7/h1-6H,(H,18,19)(H,20,21). The predicted octanol–water partition coefficient (Wildman–Crippen LogP) is 4.82. The molecule has 108 valence electrons. The minimum Gasteiger partial charge on any atom is -0.478 e. The molecular formula is C14H8Br2ClNO3. The van der Waals surface area contributed by atoms with E-state index >= 15 is 0 Å². The van der Waals surface area contributed by atoms with E-state index in [1.807, 2.05) is 0 Å². The number of hydrogen-bond acceptors (Lipinski definition) is 2. The van der Waals surface area contributed by atoms with Crippen LogP contribution in [0.5, 0.6) is 0 Å². The second-order valence-corrected chi connectivity index (χ2v) is 6.26. The lowest BCUT2D eigenvalue weighted by molar-refractivity contribution is 0.0698. The molecule has 2 rings (SSSR count). The number of amides is 1. The first-order valence-corrected chi connectivity index (χ1v) is 7.64. The fourth-order valence-electron chi connectivity index (χ4n) is 1.63. The van der Waals surface area contributed by atoms with Gasteiger partial charge in [-0.3, -0.25) is 4.79 Å². The third kappa shape index (κ3) is 3.84. The normalized spacial score (nSPS) is 10.2. The number of nitrogens with one attached hydrogen (secondary N) is 1. The Labute approximate surface area is 142 Å². The zero-order valence-electron chi connectivity index (χ0n) is 10.4. The van der Waals surface area contributed by atoms with E-state index in [4.69, 9.17) is 16.7 Å². The number of carboxylic acids is 1. The van der Waals surface area contributed by atoms with Crippen LogP contribution in [0, 0.1) is 0 Å². The minimum atomic E-state index is -1.12. The summed E-state index contributed by atoms with van der Waals surface area (Å²) in [6, 6.07) is 9.33. The quantitative estimate of drug-likeness (QED) is 0.730. The summed E-state index contributed by atoms with van der Waals surface area (Å²) in [6.45, 7) is 0. The van der Waals surface area contributed by atoms with Crippen molar-refractivity contribution >= 4 is 61.0 Å². The van der Waals surface area contributed by atoms with Crippen LogP contribution in [0.4, 0.5) is 5.69 Å². The molecule has 0 saturated carbocycles. The van der Waals surface area contributed by atoms with E-state index in [1.54, 1.807) is 18.2 Å². The summed E-state index contributed by atoms with van der Waals surface area (Å²) in [5.41, 5.74) is 0.554. The Bertz CT molecular complexity index is 734. The van der Waals surface area contributed by atoms with Crippen molar-refractivity contribution in [2.75, 3.05) is 5.32 Å². The minimum absolute atomic E-state index is 0.000864. The monoisotopic (exact) mass is 431 g/mol. The van der Waals surface area contributed by atoms with Crippen molar-refractivity contribution in [2.45, 2.75) is 0 Å². The molecule has 21 heavy (non-hydrogen) atoms. The topological polar surface area (TPSA) is 66.4 Å². The molecule has 4 nitrogen and oxygen atoms in total. The van der Waals surface area contributed by atoms with Crippen LogP contribution in [0.15, 0.2) is 45.3 Å². The molecule has 0 bridgehead atoms. The predicted molar refractivity (Wildman–Crippen MR) is 88.2 cm³/mol. The average Bonchev–Trinajstić information content (AvgIpc) is 2.43. The number of hydrogen-bond donors (Lipinski definition) is 2. The van der Waals surface area contributed by atoms with Gasteiger partial charge in [-0.05, 0) is 52.3 Å². The number of anilines is 1. The number of benzene rings is 2. The van der Waals surface area contributed by atoms with Gasteiger partial charge >= 0.3 is 5.97 Å². The van der Waals surface area contributed by atoms with Gasteiger partial charge in [-0.25, -0.2) is 4.79 Å². The Morgan fingerprint density at radius 2 is 1.81 bits per heavy atom. The van der Waals surface area contributed by atoms with Crippen molar-refractivity contribution in [1.82, 2.24) is 0 Å². The van der Waals surface area contributed by atoms with Gasteiger partial charge in [-0.1, -0.05) is 27.5 Å². The maximum absolute atomic E-state index is 12.1. The number of aromatic carboxylic acids is 1. The average molecular weight is 433 g/mol. The summed E-state index contributed by atoms with van der Waals surface area (Å²) in [5.74, 6) is -1.56. The third-order valence-corrected chi connectivity index (χ3v) is 4.37. The molecule has 2 aromatic carbocycles. The maximum Gasteiger partial charge on any atom is 0.337 e. The SMILES string of the molecule is O=C(Nc1ccc(Br)cc1C(=O)O)c1ccc(Br)c(Cl)c1. The lowest BCUT2D eigenvalue weighted by Crippen LogP contribution is -2.14. The zero-order chi connectivity index (χ0) is 15.6. The first kappa shape index (κ1) is 16.0. The molecule has 0 atom stereocenters. The Hall–Kier alpha value is -1.37. The number of carboxylic acid groups (broad SMARTS) is 1. The number of halogens is 3. The third-order valence-electron chi connectivity index (χ3n) is 2.64. The van der Waals surface area contributed by atoms with Crippen molar-refractivity contribution in [3.8, 4) is 0 Å². The Kier molecular flexibility index (Phi) is 5.03.